The monoisotopic (exact) mass is 532 g/mol. The molecule has 0 aromatic carbocycles. The highest BCUT2D eigenvalue weighted by Gasteiger charge is 2.16. The van der Waals surface area contributed by atoms with E-state index >= 15 is 0 Å². The second-order valence-electron chi connectivity index (χ2n) is 7.91. The summed E-state index contributed by atoms with van der Waals surface area (Å²) in [7, 11) is 0. The van der Waals surface area contributed by atoms with Crippen molar-refractivity contribution in [2.45, 2.75) is 63.9 Å². The van der Waals surface area contributed by atoms with Gasteiger partial charge in [-0.15, -0.1) is 24.0 Å². The Balaban J connectivity index is 0.00000320. The summed E-state index contributed by atoms with van der Waals surface area (Å²) in [5.41, 5.74) is 0. The van der Waals surface area contributed by atoms with Gasteiger partial charge in [-0.2, -0.15) is 0 Å². The molecule has 1 amide bonds. The maximum Gasteiger partial charge on any atom is 0.222 e. The molecule has 170 valence electrons. The van der Waals surface area contributed by atoms with Crippen LogP contribution in [0.2, 0.25) is 0 Å². The van der Waals surface area contributed by atoms with Gasteiger partial charge in [0.1, 0.15) is 5.76 Å². The van der Waals surface area contributed by atoms with E-state index < -0.39 is 0 Å². The van der Waals surface area contributed by atoms with E-state index in [-0.39, 0.29) is 30.1 Å². The minimum atomic E-state index is 0. The summed E-state index contributed by atoms with van der Waals surface area (Å²) < 4.78 is 11.2. The van der Waals surface area contributed by atoms with E-state index in [9.17, 15) is 4.79 Å². The van der Waals surface area contributed by atoms with E-state index in [2.05, 4.69) is 10.6 Å². The van der Waals surface area contributed by atoms with E-state index in [4.69, 9.17) is 14.1 Å². The zero-order chi connectivity index (χ0) is 20.2. The van der Waals surface area contributed by atoms with Gasteiger partial charge in [-0.3, -0.25) is 9.79 Å². The van der Waals surface area contributed by atoms with Gasteiger partial charge in [0.15, 0.2) is 5.96 Å². The van der Waals surface area contributed by atoms with Crippen molar-refractivity contribution in [2.24, 2.45) is 4.99 Å². The first-order valence-electron chi connectivity index (χ1n) is 11.3. The average molecular weight is 532 g/mol. The number of carbonyl (C=O) groups excluding carboxylic acids is 1. The summed E-state index contributed by atoms with van der Waals surface area (Å²) >= 11 is 0. The maximum absolute atomic E-state index is 12.1. The topological polar surface area (TPSA) is 79.1 Å². The lowest BCUT2D eigenvalue weighted by Gasteiger charge is -2.22. The van der Waals surface area contributed by atoms with Crippen LogP contribution in [0.1, 0.15) is 57.1 Å². The van der Waals surface area contributed by atoms with Crippen LogP contribution in [0.5, 0.6) is 0 Å². The lowest BCUT2D eigenvalue weighted by molar-refractivity contribution is -0.130. The summed E-state index contributed by atoms with van der Waals surface area (Å²) in [5.74, 6) is 2.09. The van der Waals surface area contributed by atoms with Crippen molar-refractivity contribution in [2.75, 3.05) is 39.3 Å². The van der Waals surface area contributed by atoms with Crippen LogP contribution in [0, 0.1) is 0 Å². The van der Waals surface area contributed by atoms with Crippen molar-refractivity contribution in [3.8, 4) is 0 Å². The molecule has 8 heteroatoms. The Morgan fingerprint density at radius 1 is 1.17 bits per heavy atom. The SMILES string of the molecule is I.O=C1CCCCCN1CCCNC(=NCC1CCCCO1)NCCc1ccco1. The fourth-order valence-corrected chi connectivity index (χ4v) is 3.83. The van der Waals surface area contributed by atoms with Gasteiger partial charge in [-0.1, -0.05) is 6.42 Å². The standard InChI is InChI=1S/C22H36N4O3.HI/c27-21-10-2-1-4-14-26(21)15-7-12-23-22(24-13-11-19-9-6-17-28-19)25-18-20-8-3-5-16-29-20;/h6,9,17,20H,1-5,7-8,10-16,18H2,(H2,23,24,25);1H. The Morgan fingerprint density at radius 3 is 2.87 bits per heavy atom. The van der Waals surface area contributed by atoms with Gasteiger partial charge in [0, 0.05) is 45.6 Å². The number of nitrogens with one attached hydrogen (secondary N) is 2. The van der Waals surface area contributed by atoms with Crippen LogP contribution in [0.25, 0.3) is 0 Å². The predicted molar refractivity (Wildman–Crippen MR) is 129 cm³/mol. The van der Waals surface area contributed by atoms with E-state index in [1.165, 1.54) is 12.8 Å². The molecule has 7 nitrogen and oxygen atoms in total. The molecule has 0 bridgehead atoms. The first-order valence-corrected chi connectivity index (χ1v) is 11.3. The number of ether oxygens (including phenoxy) is 1. The molecule has 2 saturated heterocycles. The minimum Gasteiger partial charge on any atom is -0.469 e. The number of aliphatic imine (C=N–C) groups is 1. The molecule has 2 aliphatic rings. The molecule has 0 spiro atoms. The van der Waals surface area contributed by atoms with Gasteiger partial charge in [0.25, 0.3) is 0 Å². The van der Waals surface area contributed by atoms with E-state index in [0.29, 0.717) is 18.9 Å². The number of furan rings is 1. The quantitative estimate of drug-likeness (QED) is 0.221. The van der Waals surface area contributed by atoms with Crippen molar-refractivity contribution < 1.29 is 13.9 Å². The molecular formula is C22H37IN4O3. The van der Waals surface area contributed by atoms with Gasteiger partial charge < -0.3 is 24.7 Å². The molecule has 1 aromatic rings. The van der Waals surface area contributed by atoms with Crippen LogP contribution in [-0.2, 0) is 16.0 Å². The van der Waals surface area contributed by atoms with Gasteiger partial charge in [0.2, 0.25) is 5.91 Å². The Morgan fingerprint density at radius 2 is 2.07 bits per heavy atom. The molecule has 1 atom stereocenters. The molecule has 0 aliphatic carbocycles. The van der Waals surface area contributed by atoms with Crippen LogP contribution in [0.15, 0.2) is 27.8 Å². The van der Waals surface area contributed by atoms with Crippen molar-refractivity contribution >= 4 is 35.8 Å². The predicted octanol–water partition coefficient (Wildman–Crippen LogP) is 3.34. The second kappa shape index (κ2) is 14.7. The van der Waals surface area contributed by atoms with Crippen LogP contribution >= 0.6 is 24.0 Å². The lowest BCUT2D eigenvalue weighted by atomic mass is 10.1. The Bertz CT molecular complexity index is 618. The van der Waals surface area contributed by atoms with E-state index in [0.717, 1.165) is 83.0 Å². The molecule has 2 aliphatic heterocycles. The third kappa shape index (κ3) is 9.24. The normalized spacial score (nSPS) is 20.4. The molecule has 3 heterocycles. The van der Waals surface area contributed by atoms with Crippen LogP contribution in [0.3, 0.4) is 0 Å². The molecule has 1 unspecified atom stereocenters. The Hall–Kier alpha value is -1.29. The number of carbonyl (C=O) groups is 1. The highest BCUT2D eigenvalue weighted by Crippen LogP contribution is 2.13. The van der Waals surface area contributed by atoms with Crippen molar-refractivity contribution in [3.05, 3.63) is 24.2 Å². The summed E-state index contributed by atoms with van der Waals surface area (Å²) in [6, 6.07) is 3.90. The number of hydrogen-bond acceptors (Lipinski definition) is 4. The molecule has 0 saturated carbocycles. The van der Waals surface area contributed by atoms with Crippen LogP contribution < -0.4 is 10.6 Å². The third-order valence-corrected chi connectivity index (χ3v) is 5.54. The van der Waals surface area contributed by atoms with Crippen LogP contribution in [0.4, 0.5) is 0 Å². The maximum atomic E-state index is 12.1. The van der Waals surface area contributed by atoms with Gasteiger partial charge in [0.05, 0.1) is 18.9 Å². The summed E-state index contributed by atoms with van der Waals surface area (Å²) in [4.78, 5) is 18.9. The number of amides is 1. The number of guanidine groups is 1. The minimum absolute atomic E-state index is 0. The summed E-state index contributed by atoms with van der Waals surface area (Å²) in [6.45, 7) is 4.80. The molecular weight excluding hydrogens is 495 g/mol. The van der Waals surface area contributed by atoms with Gasteiger partial charge in [-0.05, 0) is 50.7 Å². The van der Waals surface area contributed by atoms with E-state index in [1.54, 1.807) is 6.26 Å². The van der Waals surface area contributed by atoms with Gasteiger partial charge >= 0.3 is 0 Å². The summed E-state index contributed by atoms with van der Waals surface area (Å²) in [6.07, 6.45) is 11.2. The second-order valence-corrected chi connectivity index (χ2v) is 7.91. The van der Waals surface area contributed by atoms with Crippen LogP contribution in [-0.4, -0.2) is 62.2 Å². The molecule has 1 aromatic heterocycles. The molecule has 2 fully saturated rings. The fraction of sp³-hybridized carbons (Fsp3) is 0.727. The first-order chi connectivity index (χ1) is 14.3. The number of likely N-dealkylation sites (tertiary alicyclic amines) is 1. The average Bonchev–Trinajstić information content (AvgIpc) is 3.18. The van der Waals surface area contributed by atoms with E-state index in [1.807, 2.05) is 17.0 Å². The van der Waals surface area contributed by atoms with Crippen molar-refractivity contribution in [1.29, 1.82) is 0 Å². The third-order valence-electron chi connectivity index (χ3n) is 5.54. The number of halogens is 1. The molecule has 30 heavy (non-hydrogen) atoms. The number of rotatable bonds is 9. The largest absolute Gasteiger partial charge is 0.469 e. The number of hydrogen-bond donors (Lipinski definition) is 2. The number of nitrogens with zero attached hydrogens (tertiary/aromatic N) is 2. The molecule has 0 radical (unpaired) electrons. The highest BCUT2D eigenvalue weighted by atomic mass is 127. The Labute approximate surface area is 197 Å². The smallest absolute Gasteiger partial charge is 0.222 e. The van der Waals surface area contributed by atoms with Crippen molar-refractivity contribution in [3.63, 3.8) is 0 Å². The summed E-state index contributed by atoms with van der Waals surface area (Å²) in [5, 5.41) is 6.82. The fourth-order valence-electron chi connectivity index (χ4n) is 3.83. The van der Waals surface area contributed by atoms with Crippen molar-refractivity contribution in [1.82, 2.24) is 15.5 Å². The molecule has 3 rings (SSSR count). The Kier molecular flexibility index (Phi) is 12.2. The first kappa shape index (κ1) is 25.0. The molecule has 2 N–H and O–H groups in total. The lowest BCUT2D eigenvalue weighted by Crippen LogP contribution is -2.41. The zero-order valence-electron chi connectivity index (χ0n) is 17.9. The van der Waals surface area contributed by atoms with Gasteiger partial charge in [-0.25, -0.2) is 0 Å². The highest BCUT2D eigenvalue weighted by molar-refractivity contribution is 14.0. The zero-order valence-corrected chi connectivity index (χ0v) is 20.3.